The fraction of sp³-hybridized carbons (Fsp3) is 0.889. The Morgan fingerprint density at radius 2 is 2.17 bits per heavy atom. The third-order valence-corrected chi connectivity index (χ3v) is 1.79. The molecule has 0 saturated carbocycles. The predicted molar refractivity (Wildman–Crippen MR) is 48.8 cm³/mol. The average molecular weight is 173 g/mol. The Bertz CT molecular complexity index is 126. The van der Waals surface area contributed by atoms with Crippen molar-refractivity contribution in [2.24, 2.45) is 5.73 Å². The Morgan fingerprint density at radius 1 is 1.50 bits per heavy atom. The third kappa shape index (κ3) is 6.16. The highest BCUT2D eigenvalue weighted by atomic mass is 16.5. The minimum atomic E-state index is -0.110. The lowest BCUT2D eigenvalue weighted by Crippen LogP contribution is -2.18. The number of carbonyl (C=O) groups excluding carboxylic acids is 1. The quantitative estimate of drug-likeness (QED) is 0.619. The van der Waals surface area contributed by atoms with Crippen LogP contribution in [0.25, 0.3) is 0 Å². The molecule has 0 aliphatic heterocycles. The van der Waals surface area contributed by atoms with Gasteiger partial charge in [0.05, 0.1) is 6.61 Å². The molecular weight excluding hydrogens is 154 g/mol. The summed E-state index contributed by atoms with van der Waals surface area (Å²) in [5.41, 5.74) is 5.68. The Labute approximate surface area is 74.3 Å². The molecule has 0 aromatic heterocycles. The first-order valence-electron chi connectivity index (χ1n) is 4.61. The van der Waals surface area contributed by atoms with E-state index in [1.165, 1.54) is 0 Å². The second-order valence-electron chi connectivity index (χ2n) is 2.87. The predicted octanol–water partition coefficient (Wildman–Crippen LogP) is 1.46. The van der Waals surface area contributed by atoms with Crippen molar-refractivity contribution in [3.63, 3.8) is 0 Å². The molecule has 0 heterocycles. The van der Waals surface area contributed by atoms with Crippen LogP contribution in [0, 0.1) is 0 Å². The lowest BCUT2D eigenvalue weighted by Gasteiger charge is -2.07. The maximum atomic E-state index is 10.8. The van der Waals surface area contributed by atoms with Crippen LogP contribution in [0.5, 0.6) is 0 Å². The van der Waals surface area contributed by atoms with E-state index in [0.29, 0.717) is 13.0 Å². The molecule has 0 saturated heterocycles. The summed E-state index contributed by atoms with van der Waals surface area (Å²) >= 11 is 0. The van der Waals surface area contributed by atoms with Crippen LogP contribution in [0.2, 0.25) is 0 Å². The van der Waals surface area contributed by atoms with Gasteiger partial charge in [0.25, 0.3) is 0 Å². The Hall–Kier alpha value is -0.570. The minimum absolute atomic E-state index is 0.110. The fourth-order valence-electron chi connectivity index (χ4n) is 0.946. The largest absolute Gasteiger partial charge is 0.466 e. The van der Waals surface area contributed by atoms with E-state index in [2.05, 4.69) is 6.92 Å². The molecule has 0 amide bonds. The number of hydrogen-bond acceptors (Lipinski definition) is 3. The van der Waals surface area contributed by atoms with E-state index in [9.17, 15) is 4.79 Å². The van der Waals surface area contributed by atoms with Gasteiger partial charge in [-0.1, -0.05) is 6.92 Å². The molecular formula is C9H19NO2. The van der Waals surface area contributed by atoms with Gasteiger partial charge in [-0.25, -0.2) is 0 Å². The molecule has 3 nitrogen and oxygen atoms in total. The van der Waals surface area contributed by atoms with Crippen molar-refractivity contribution in [3.8, 4) is 0 Å². The molecule has 0 aromatic carbocycles. The summed E-state index contributed by atoms with van der Waals surface area (Å²) < 4.78 is 4.78. The lowest BCUT2D eigenvalue weighted by molar-refractivity contribution is -0.143. The summed E-state index contributed by atoms with van der Waals surface area (Å²) in [7, 11) is 0. The molecule has 0 bridgehead atoms. The fourth-order valence-corrected chi connectivity index (χ4v) is 0.946. The zero-order valence-electron chi connectivity index (χ0n) is 8.01. The molecule has 0 spiro atoms. The SMILES string of the molecule is CCOC(=O)CCCC(N)CC. The number of esters is 1. The maximum absolute atomic E-state index is 10.8. The van der Waals surface area contributed by atoms with Crippen LogP contribution >= 0.6 is 0 Å². The van der Waals surface area contributed by atoms with Gasteiger partial charge in [0.2, 0.25) is 0 Å². The average Bonchev–Trinajstić information content (AvgIpc) is 2.04. The zero-order chi connectivity index (χ0) is 9.40. The van der Waals surface area contributed by atoms with Crippen molar-refractivity contribution < 1.29 is 9.53 Å². The molecule has 0 aliphatic carbocycles. The molecule has 12 heavy (non-hydrogen) atoms. The van der Waals surface area contributed by atoms with Crippen molar-refractivity contribution in [3.05, 3.63) is 0 Å². The van der Waals surface area contributed by atoms with Crippen LogP contribution in [-0.4, -0.2) is 18.6 Å². The van der Waals surface area contributed by atoms with E-state index in [4.69, 9.17) is 10.5 Å². The topological polar surface area (TPSA) is 52.3 Å². The first kappa shape index (κ1) is 11.4. The van der Waals surface area contributed by atoms with Crippen molar-refractivity contribution in [2.45, 2.75) is 45.6 Å². The summed E-state index contributed by atoms with van der Waals surface area (Å²) in [4.78, 5) is 10.8. The van der Waals surface area contributed by atoms with E-state index in [1.807, 2.05) is 6.92 Å². The van der Waals surface area contributed by atoms with Gasteiger partial charge in [-0.3, -0.25) is 4.79 Å². The number of ether oxygens (including phenoxy) is 1. The first-order chi connectivity index (χ1) is 5.70. The van der Waals surface area contributed by atoms with Crippen LogP contribution in [-0.2, 0) is 9.53 Å². The standard InChI is InChI=1S/C9H19NO2/c1-3-8(10)6-5-7-9(11)12-4-2/h8H,3-7,10H2,1-2H3. The molecule has 0 rings (SSSR count). The molecule has 0 aromatic rings. The van der Waals surface area contributed by atoms with Gasteiger partial charge in [-0.15, -0.1) is 0 Å². The molecule has 72 valence electrons. The maximum Gasteiger partial charge on any atom is 0.305 e. The highest BCUT2D eigenvalue weighted by Crippen LogP contribution is 2.02. The van der Waals surface area contributed by atoms with Gasteiger partial charge >= 0.3 is 5.97 Å². The van der Waals surface area contributed by atoms with E-state index < -0.39 is 0 Å². The number of nitrogens with two attached hydrogens (primary N) is 1. The Balaban J connectivity index is 3.24. The van der Waals surface area contributed by atoms with Crippen LogP contribution in [0.1, 0.15) is 39.5 Å². The van der Waals surface area contributed by atoms with Gasteiger partial charge in [-0.05, 0) is 26.2 Å². The van der Waals surface area contributed by atoms with E-state index in [0.717, 1.165) is 19.3 Å². The summed E-state index contributed by atoms with van der Waals surface area (Å²) in [6, 6.07) is 0.236. The molecule has 2 N–H and O–H groups in total. The Morgan fingerprint density at radius 3 is 2.67 bits per heavy atom. The van der Waals surface area contributed by atoms with Crippen LogP contribution in [0.4, 0.5) is 0 Å². The Kier molecular flexibility index (Phi) is 6.76. The van der Waals surface area contributed by atoms with Gasteiger partial charge in [0, 0.05) is 12.5 Å². The van der Waals surface area contributed by atoms with Crippen LogP contribution in [0.3, 0.4) is 0 Å². The molecule has 3 heteroatoms. The summed E-state index contributed by atoms with van der Waals surface area (Å²) in [5.74, 6) is -0.110. The number of carbonyl (C=O) groups is 1. The summed E-state index contributed by atoms with van der Waals surface area (Å²) in [6.07, 6.45) is 3.23. The van der Waals surface area contributed by atoms with Crippen LogP contribution in [0.15, 0.2) is 0 Å². The molecule has 0 aliphatic rings. The van der Waals surface area contributed by atoms with Crippen LogP contribution < -0.4 is 5.73 Å². The van der Waals surface area contributed by atoms with Gasteiger partial charge < -0.3 is 10.5 Å². The van der Waals surface area contributed by atoms with Crippen molar-refractivity contribution in [1.82, 2.24) is 0 Å². The number of hydrogen-bond donors (Lipinski definition) is 1. The zero-order valence-corrected chi connectivity index (χ0v) is 8.01. The first-order valence-corrected chi connectivity index (χ1v) is 4.61. The highest BCUT2D eigenvalue weighted by molar-refractivity contribution is 5.69. The van der Waals surface area contributed by atoms with E-state index >= 15 is 0 Å². The summed E-state index contributed by atoms with van der Waals surface area (Å²) in [6.45, 7) is 4.34. The van der Waals surface area contributed by atoms with Crippen molar-refractivity contribution in [1.29, 1.82) is 0 Å². The molecule has 1 unspecified atom stereocenters. The number of rotatable bonds is 6. The molecule has 1 atom stereocenters. The van der Waals surface area contributed by atoms with Crippen molar-refractivity contribution >= 4 is 5.97 Å². The van der Waals surface area contributed by atoms with Gasteiger partial charge in [-0.2, -0.15) is 0 Å². The monoisotopic (exact) mass is 173 g/mol. The molecule has 0 radical (unpaired) electrons. The molecule has 0 fully saturated rings. The summed E-state index contributed by atoms with van der Waals surface area (Å²) in [5, 5.41) is 0. The smallest absolute Gasteiger partial charge is 0.305 e. The van der Waals surface area contributed by atoms with Crippen molar-refractivity contribution in [2.75, 3.05) is 6.61 Å². The second-order valence-corrected chi connectivity index (χ2v) is 2.87. The van der Waals surface area contributed by atoms with Gasteiger partial charge in [0.15, 0.2) is 0 Å². The van der Waals surface area contributed by atoms with E-state index in [-0.39, 0.29) is 12.0 Å². The van der Waals surface area contributed by atoms with Gasteiger partial charge in [0.1, 0.15) is 0 Å². The van der Waals surface area contributed by atoms with E-state index in [1.54, 1.807) is 0 Å². The normalized spacial score (nSPS) is 12.6. The third-order valence-electron chi connectivity index (χ3n) is 1.79. The second kappa shape index (κ2) is 7.10. The highest BCUT2D eigenvalue weighted by Gasteiger charge is 2.03. The minimum Gasteiger partial charge on any atom is -0.466 e. The lowest BCUT2D eigenvalue weighted by atomic mass is 10.1.